The van der Waals surface area contributed by atoms with Gasteiger partial charge in [0.2, 0.25) is 0 Å². The molecule has 2 fully saturated rings. The zero-order valence-electron chi connectivity index (χ0n) is 15.4. The lowest BCUT2D eigenvalue weighted by atomic mass is 9.95. The number of carbonyl (C=O) groups is 1. The lowest BCUT2D eigenvalue weighted by Crippen LogP contribution is -2.43. The van der Waals surface area contributed by atoms with Crippen molar-refractivity contribution >= 4 is 5.91 Å². The molecule has 1 N–H and O–H groups in total. The van der Waals surface area contributed by atoms with Crippen LogP contribution in [-0.4, -0.2) is 48.4 Å². The van der Waals surface area contributed by atoms with Crippen molar-refractivity contribution in [2.45, 2.75) is 26.1 Å². The molecule has 1 amide bonds. The number of pyridine rings is 1. The van der Waals surface area contributed by atoms with E-state index >= 15 is 0 Å². The van der Waals surface area contributed by atoms with Crippen LogP contribution in [0.15, 0.2) is 41.2 Å². The molecule has 2 aromatic rings. The van der Waals surface area contributed by atoms with Gasteiger partial charge in [0, 0.05) is 24.7 Å². The smallest absolute Gasteiger partial charge is 0.261 e. The highest BCUT2D eigenvalue weighted by molar-refractivity contribution is 5.94. The van der Waals surface area contributed by atoms with E-state index in [2.05, 4.69) is 4.98 Å². The minimum atomic E-state index is -0.344. The Labute approximate surface area is 158 Å². The Hall–Kier alpha value is -2.44. The van der Waals surface area contributed by atoms with Gasteiger partial charge in [-0.05, 0) is 43.5 Å². The topological polar surface area (TPSA) is 71.6 Å². The molecule has 0 saturated carbocycles. The monoisotopic (exact) mass is 368 g/mol. The predicted molar refractivity (Wildman–Crippen MR) is 102 cm³/mol. The van der Waals surface area contributed by atoms with Crippen LogP contribution in [0.4, 0.5) is 0 Å². The Morgan fingerprint density at radius 3 is 2.52 bits per heavy atom. The second-order valence-corrected chi connectivity index (χ2v) is 7.22. The van der Waals surface area contributed by atoms with E-state index in [0.29, 0.717) is 32.2 Å². The zero-order chi connectivity index (χ0) is 18.8. The zero-order valence-corrected chi connectivity index (χ0v) is 15.4. The maximum Gasteiger partial charge on any atom is 0.261 e. The number of piperidine rings is 1. The summed E-state index contributed by atoms with van der Waals surface area (Å²) in [5.74, 6) is 0.109. The molecule has 142 valence electrons. The second kappa shape index (κ2) is 7.66. The first-order chi connectivity index (χ1) is 13.1. The number of amides is 1. The largest absolute Gasteiger partial charge is 0.350 e. The van der Waals surface area contributed by atoms with Crippen molar-refractivity contribution in [1.82, 2.24) is 9.88 Å². The van der Waals surface area contributed by atoms with Gasteiger partial charge in [-0.3, -0.25) is 9.59 Å². The number of aryl methyl sites for hydroxylation is 1. The Morgan fingerprint density at radius 2 is 1.85 bits per heavy atom. The molecule has 1 aromatic heterocycles. The number of hydrogen-bond acceptors (Lipinski definition) is 4. The van der Waals surface area contributed by atoms with Gasteiger partial charge in [0.05, 0.1) is 13.2 Å². The van der Waals surface area contributed by atoms with Crippen molar-refractivity contribution in [1.29, 1.82) is 0 Å². The number of benzene rings is 1. The van der Waals surface area contributed by atoms with Crippen LogP contribution in [0.2, 0.25) is 0 Å². The fraction of sp³-hybridized carbons (Fsp3) is 0.429. The Morgan fingerprint density at radius 1 is 1.11 bits per heavy atom. The molecule has 2 aliphatic heterocycles. The van der Waals surface area contributed by atoms with Gasteiger partial charge in [-0.25, -0.2) is 0 Å². The van der Waals surface area contributed by atoms with Crippen molar-refractivity contribution in [3.8, 4) is 11.3 Å². The number of nitrogens with one attached hydrogen (secondary N) is 1. The predicted octanol–water partition coefficient (Wildman–Crippen LogP) is 2.58. The summed E-state index contributed by atoms with van der Waals surface area (Å²) in [5.41, 5.74) is 2.62. The van der Waals surface area contributed by atoms with Crippen molar-refractivity contribution < 1.29 is 14.3 Å². The number of nitrogens with zero attached hydrogens (tertiary/aromatic N) is 1. The quantitative estimate of drug-likeness (QED) is 0.904. The van der Waals surface area contributed by atoms with Crippen molar-refractivity contribution in [3.63, 3.8) is 0 Å². The first kappa shape index (κ1) is 17.9. The number of carbonyl (C=O) groups excluding carboxylic acids is 1. The average Bonchev–Trinajstić information content (AvgIpc) is 3.22. The molecule has 0 spiro atoms. The lowest BCUT2D eigenvalue weighted by Gasteiger charge is -2.33. The first-order valence-electron chi connectivity index (χ1n) is 9.44. The van der Waals surface area contributed by atoms with E-state index in [4.69, 9.17) is 9.47 Å². The van der Waals surface area contributed by atoms with E-state index in [0.717, 1.165) is 29.7 Å². The fourth-order valence-corrected chi connectivity index (χ4v) is 3.82. The summed E-state index contributed by atoms with van der Waals surface area (Å²) in [4.78, 5) is 29.9. The Kier molecular flexibility index (Phi) is 5.09. The van der Waals surface area contributed by atoms with Crippen molar-refractivity contribution in [2.24, 2.45) is 5.92 Å². The van der Waals surface area contributed by atoms with Crippen LogP contribution in [0.1, 0.15) is 28.8 Å². The standard InChI is InChI=1S/C21H24N2O4/c1-14-3-2-4-16(13-14)18-6-5-17(19(24)22-18)20(25)23-9-7-15(8-10-23)21-26-11-12-27-21/h2-6,13,15,21H,7-12H2,1H3,(H,22,24). The average molecular weight is 368 g/mol. The van der Waals surface area contributed by atoms with Crippen LogP contribution in [0.5, 0.6) is 0 Å². The molecule has 2 saturated heterocycles. The molecule has 0 unspecified atom stereocenters. The molecule has 1 aromatic carbocycles. The number of H-pyrrole nitrogens is 1. The van der Waals surface area contributed by atoms with E-state index in [-0.39, 0.29) is 23.3 Å². The minimum Gasteiger partial charge on any atom is -0.350 e. The third-order valence-corrected chi connectivity index (χ3v) is 5.33. The maximum atomic E-state index is 12.8. The highest BCUT2D eigenvalue weighted by Crippen LogP contribution is 2.26. The summed E-state index contributed by atoms with van der Waals surface area (Å²) in [6.07, 6.45) is 1.52. The molecule has 0 atom stereocenters. The number of ether oxygens (including phenoxy) is 2. The van der Waals surface area contributed by atoms with E-state index in [1.807, 2.05) is 31.2 Å². The molecule has 4 rings (SSSR count). The van der Waals surface area contributed by atoms with Crippen LogP contribution < -0.4 is 5.56 Å². The molecule has 6 heteroatoms. The van der Waals surface area contributed by atoms with Gasteiger partial charge in [-0.1, -0.05) is 23.8 Å². The highest BCUT2D eigenvalue weighted by atomic mass is 16.7. The van der Waals surface area contributed by atoms with Gasteiger partial charge in [0.15, 0.2) is 6.29 Å². The van der Waals surface area contributed by atoms with Gasteiger partial charge >= 0.3 is 0 Å². The van der Waals surface area contributed by atoms with Gasteiger partial charge in [0.25, 0.3) is 11.5 Å². The van der Waals surface area contributed by atoms with E-state index in [1.54, 1.807) is 17.0 Å². The maximum absolute atomic E-state index is 12.8. The first-order valence-corrected chi connectivity index (χ1v) is 9.44. The number of aromatic amines is 1. The summed E-state index contributed by atoms with van der Waals surface area (Å²) < 4.78 is 11.1. The van der Waals surface area contributed by atoms with Gasteiger partial charge in [-0.2, -0.15) is 0 Å². The van der Waals surface area contributed by atoms with E-state index in [1.165, 1.54) is 0 Å². The number of aromatic nitrogens is 1. The van der Waals surface area contributed by atoms with E-state index in [9.17, 15) is 9.59 Å². The summed E-state index contributed by atoms with van der Waals surface area (Å²) in [6, 6.07) is 11.3. The molecule has 27 heavy (non-hydrogen) atoms. The Balaban J connectivity index is 1.45. The number of likely N-dealkylation sites (tertiary alicyclic amines) is 1. The molecule has 0 aliphatic carbocycles. The normalized spacial score (nSPS) is 18.8. The molecule has 3 heterocycles. The third kappa shape index (κ3) is 3.82. The van der Waals surface area contributed by atoms with Crippen LogP contribution in [0.25, 0.3) is 11.3 Å². The SMILES string of the molecule is Cc1cccc(-c2ccc(C(=O)N3CCC(C4OCCO4)CC3)c(=O)[nH]2)c1. The lowest BCUT2D eigenvalue weighted by molar-refractivity contribution is -0.0956. The van der Waals surface area contributed by atoms with Crippen LogP contribution in [-0.2, 0) is 9.47 Å². The Bertz CT molecular complexity index is 878. The molecular formula is C21H24N2O4. The highest BCUT2D eigenvalue weighted by Gasteiger charge is 2.32. The molecule has 6 nitrogen and oxygen atoms in total. The van der Waals surface area contributed by atoms with Crippen LogP contribution in [0, 0.1) is 12.8 Å². The van der Waals surface area contributed by atoms with Gasteiger partial charge in [0.1, 0.15) is 5.56 Å². The fourth-order valence-electron chi connectivity index (χ4n) is 3.82. The minimum absolute atomic E-state index is 0.140. The van der Waals surface area contributed by atoms with E-state index < -0.39 is 0 Å². The van der Waals surface area contributed by atoms with Gasteiger partial charge < -0.3 is 19.4 Å². The van der Waals surface area contributed by atoms with Crippen molar-refractivity contribution in [3.05, 3.63) is 57.9 Å². The summed E-state index contributed by atoms with van der Waals surface area (Å²) in [5, 5.41) is 0. The molecular weight excluding hydrogens is 344 g/mol. The molecule has 0 radical (unpaired) electrons. The molecule has 2 aliphatic rings. The van der Waals surface area contributed by atoms with Gasteiger partial charge in [-0.15, -0.1) is 0 Å². The van der Waals surface area contributed by atoms with Crippen molar-refractivity contribution in [2.75, 3.05) is 26.3 Å². The second-order valence-electron chi connectivity index (χ2n) is 7.22. The summed E-state index contributed by atoms with van der Waals surface area (Å²) >= 11 is 0. The van der Waals surface area contributed by atoms with Crippen LogP contribution >= 0.6 is 0 Å². The number of hydrogen-bond donors (Lipinski definition) is 1. The summed E-state index contributed by atoms with van der Waals surface area (Å²) in [7, 11) is 0. The van der Waals surface area contributed by atoms with Crippen LogP contribution in [0.3, 0.4) is 0 Å². The number of rotatable bonds is 3. The third-order valence-electron chi connectivity index (χ3n) is 5.33. The molecule has 0 bridgehead atoms. The summed E-state index contributed by atoms with van der Waals surface area (Å²) in [6.45, 7) is 4.53.